The lowest BCUT2D eigenvalue weighted by atomic mass is 10.0. The molecule has 4 N–H and O–H groups in total. The summed E-state index contributed by atoms with van der Waals surface area (Å²) in [5, 5.41) is 18.8. The van der Waals surface area contributed by atoms with Crippen LogP contribution in [0.25, 0.3) is 0 Å². The number of aliphatic imine (C=N–C) groups is 2. The van der Waals surface area contributed by atoms with Gasteiger partial charge in [-0.2, -0.15) is 0 Å². The number of likely N-dealkylation sites (tertiary alicyclic amines) is 1. The molecule has 2 heterocycles. The van der Waals surface area contributed by atoms with Gasteiger partial charge in [0, 0.05) is 56.6 Å². The first kappa shape index (κ1) is 23.4. The molecule has 0 radical (unpaired) electrons. The van der Waals surface area contributed by atoms with Crippen molar-refractivity contribution in [3.8, 4) is 0 Å². The largest absolute Gasteiger partial charge is 0.372 e. The molecule has 0 bridgehead atoms. The Morgan fingerprint density at radius 3 is 2.75 bits per heavy atom. The molecule has 9 nitrogen and oxygen atoms in total. The molecule has 1 unspecified atom stereocenters. The Morgan fingerprint density at radius 1 is 1.22 bits per heavy atom. The van der Waals surface area contributed by atoms with E-state index in [2.05, 4.69) is 25.9 Å². The number of halogens is 3. The van der Waals surface area contributed by atoms with Gasteiger partial charge in [0.2, 0.25) is 5.60 Å². The number of carbonyl (C=O) groups is 2. The van der Waals surface area contributed by atoms with E-state index in [1.165, 1.54) is 23.7 Å². The molecule has 1 aromatic rings. The van der Waals surface area contributed by atoms with Crippen LogP contribution in [-0.2, 0) is 16.1 Å². The van der Waals surface area contributed by atoms with E-state index in [4.69, 9.17) is 0 Å². The third-order valence-corrected chi connectivity index (χ3v) is 4.95. The van der Waals surface area contributed by atoms with Crippen LogP contribution in [0.15, 0.2) is 34.0 Å². The van der Waals surface area contributed by atoms with Crippen LogP contribution in [0, 0.1) is 17.5 Å². The molecule has 0 aromatic heterocycles. The molecule has 32 heavy (non-hydrogen) atoms. The van der Waals surface area contributed by atoms with Gasteiger partial charge in [-0.05, 0) is 6.07 Å². The number of hydrogen-bond donors (Lipinski definition) is 4. The van der Waals surface area contributed by atoms with Crippen molar-refractivity contribution in [2.45, 2.75) is 18.6 Å². The van der Waals surface area contributed by atoms with Crippen molar-refractivity contribution in [3.05, 3.63) is 47.0 Å². The van der Waals surface area contributed by atoms with Gasteiger partial charge in [-0.3, -0.25) is 19.6 Å². The van der Waals surface area contributed by atoms with Crippen LogP contribution in [0.5, 0.6) is 0 Å². The summed E-state index contributed by atoms with van der Waals surface area (Å²) in [5.74, 6) is -5.75. The number of aliphatic hydroxyl groups is 1. The first-order valence-corrected chi connectivity index (χ1v) is 9.94. The van der Waals surface area contributed by atoms with Gasteiger partial charge in [0.05, 0.1) is 25.1 Å². The fourth-order valence-electron chi connectivity index (χ4n) is 3.22. The molecule has 3 rings (SSSR count). The molecule has 172 valence electrons. The second-order valence-electron chi connectivity index (χ2n) is 7.17. The first-order valence-electron chi connectivity index (χ1n) is 9.94. The van der Waals surface area contributed by atoms with E-state index in [1.54, 1.807) is 0 Å². The second-order valence-corrected chi connectivity index (χ2v) is 7.17. The third kappa shape index (κ3) is 5.32. The predicted octanol–water partition coefficient (Wildman–Crippen LogP) is -0.183. The van der Waals surface area contributed by atoms with Crippen LogP contribution in [0.4, 0.5) is 13.2 Å². The molecular weight excluding hydrogens is 429 g/mol. The van der Waals surface area contributed by atoms with Crippen molar-refractivity contribution in [2.75, 3.05) is 32.7 Å². The summed E-state index contributed by atoms with van der Waals surface area (Å²) in [5.41, 5.74) is -2.56. The van der Waals surface area contributed by atoms with Gasteiger partial charge in [-0.25, -0.2) is 13.2 Å². The summed E-state index contributed by atoms with van der Waals surface area (Å²) in [6, 6.07) is 1.10. The van der Waals surface area contributed by atoms with Crippen LogP contribution in [0.1, 0.15) is 12.0 Å². The summed E-state index contributed by atoms with van der Waals surface area (Å²) in [7, 11) is 0. The van der Waals surface area contributed by atoms with E-state index in [-0.39, 0.29) is 13.0 Å². The van der Waals surface area contributed by atoms with Crippen molar-refractivity contribution >= 4 is 24.4 Å². The SMILES string of the molecule is O=C(NCc1cc(F)cc(F)c1F)C1(O)CCN(/C2=C/NC=NCCNCCN=C2)C1=O. The fraction of sp³-hybridized carbons (Fsp3) is 0.400. The lowest BCUT2D eigenvalue weighted by Crippen LogP contribution is -2.52. The van der Waals surface area contributed by atoms with Gasteiger partial charge in [0.15, 0.2) is 11.6 Å². The average molecular weight is 452 g/mol. The number of benzene rings is 1. The Morgan fingerprint density at radius 2 is 1.97 bits per heavy atom. The minimum Gasteiger partial charge on any atom is -0.372 e. The third-order valence-electron chi connectivity index (χ3n) is 4.95. The molecule has 0 aliphatic carbocycles. The van der Waals surface area contributed by atoms with Crippen LogP contribution >= 0.6 is 0 Å². The highest BCUT2D eigenvalue weighted by Gasteiger charge is 2.52. The maximum atomic E-state index is 13.8. The molecule has 2 aliphatic rings. The number of carbonyl (C=O) groups excluding carboxylic acids is 2. The summed E-state index contributed by atoms with van der Waals surface area (Å²) >= 11 is 0. The van der Waals surface area contributed by atoms with Crippen LogP contribution in [0.2, 0.25) is 0 Å². The zero-order valence-electron chi connectivity index (χ0n) is 17.1. The number of amides is 2. The quantitative estimate of drug-likeness (QED) is 0.373. The standard InChI is InChI=1S/C20H23F3N6O3/c21-14-7-13(17(23)16(22)8-14)9-28-18(30)20(32)1-6-29(19(20)31)15-10-25-4-2-24-3-5-26-12-27-11-15/h7-8,10-12,24,32H,1-6,9H2,(H,26,27)(H,28,30)/b15-11+,25-10?. The van der Waals surface area contributed by atoms with Crippen molar-refractivity contribution in [1.82, 2.24) is 20.9 Å². The summed E-state index contributed by atoms with van der Waals surface area (Å²) in [6.45, 7) is 1.72. The van der Waals surface area contributed by atoms with E-state index in [1.807, 2.05) is 0 Å². The Kier molecular flexibility index (Phi) is 7.59. The number of rotatable bonds is 4. The lowest BCUT2D eigenvalue weighted by Gasteiger charge is -2.22. The smallest absolute Gasteiger partial charge is 0.268 e. The second kappa shape index (κ2) is 10.4. The van der Waals surface area contributed by atoms with Gasteiger partial charge < -0.3 is 26.0 Å². The van der Waals surface area contributed by atoms with E-state index in [9.17, 15) is 27.9 Å². The van der Waals surface area contributed by atoms with E-state index in [0.717, 1.165) is 6.07 Å². The molecule has 1 saturated heterocycles. The van der Waals surface area contributed by atoms with Crippen molar-refractivity contribution < 1.29 is 27.9 Å². The Hall–Kier alpha value is -3.25. The molecule has 1 aromatic carbocycles. The monoisotopic (exact) mass is 452 g/mol. The molecule has 2 amide bonds. The highest BCUT2D eigenvalue weighted by atomic mass is 19.2. The molecule has 1 fully saturated rings. The van der Waals surface area contributed by atoms with E-state index in [0.29, 0.717) is 37.9 Å². The summed E-state index contributed by atoms with van der Waals surface area (Å²) in [4.78, 5) is 35.0. The van der Waals surface area contributed by atoms with E-state index >= 15 is 0 Å². The molecular formula is C20H23F3N6O3. The highest BCUT2D eigenvalue weighted by Crippen LogP contribution is 2.26. The maximum absolute atomic E-state index is 13.8. The number of hydrogen-bond acceptors (Lipinski definition) is 7. The summed E-state index contributed by atoms with van der Waals surface area (Å²) in [6.07, 6.45) is 4.12. The number of allylic oxidation sites excluding steroid dienone is 1. The topological polar surface area (TPSA) is 118 Å². The average Bonchev–Trinajstić information content (AvgIpc) is 3.05. The maximum Gasteiger partial charge on any atom is 0.268 e. The zero-order valence-corrected chi connectivity index (χ0v) is 17.1. The lowest BCUT2D eigenvalue weighted by molar-refractivity contribution is -0.153. The number of nitrogens with one attached hydrogen (secondary N) is 3. The van der Waals surface area contributed by atoms with Gasteiger partial charge in [-0.1, -0.05) is 0 Å². The number of nitrogens with zero attached hydrogens (tertiary/aromatic N) is 3. The molecule has 1 atom stereocenters. The highest BCUT2D eigenvalue weighted by molar-refractivity contribution is 6.11. The first-order chi connectivity index (χ1) is 15.3. The van der Waals surface area contributed by atoms with Crippen LogP contribution in [-0.4, -0.2) is 72.7 Å². The van der Waals surface area contributed by atoms with Gasteiger partial charge >= 0.3 is 0 Å². The Bertz CT molecular complexity index is 968. The van der Waals surface area contributed by atoms with Crippen molar-refractivity contribution in [1.29, 1.82) is 0 Å². The predicted molar refractivity (Wildman–Crippen MR) is 110 cm³/mol. The molecule has 2 aliphatic heterocycles. The van der Waals surface area contributed by atoms with Crippen LogP contribution < -0.4 is 16.0 Å². The van der Waals surface area contributed by atoms with Crippen molar-refractivity contribution in [2.24, 2.45) is 9.98 Å². The minimum atomic E-state index is -2.42. The Balaban J connectivity index is 1.71. The zero-order chi connectivity index (χ0) is 23.1. The van der Waals surface area contributed by atoms with Gasteiger partial charge in [-0.15, -0.1) is 0 Å². The Labute approximate surface area is 182 Å². The van der Waals surface area contributed by atoms with Gasteiger partial charge in [0.25, 0.3) is 11.8 Å². The van der Waals surface area contributed by atoms with E-state index < -0.39 is 47.0 Å². The molecule has 0 spiro atoms. The van der Waals surface area contributed by atoms with Crippen LogP contribution in [0.3, 0.4) is 0 Å². The molecule has 0 saturated carbocycles. The minimum absolute atomic E-state index is 0.0145. The fourth-order valence-corrected chi connectivity index (χ4v) is 3.22. The van der Waals surface area contributed by atoms with Crippen molar-refractivity contribution in [3.63, 3.8) is 0 Å². The summed E-state index contributed by atoms with van der Waals surface area (Å²) < 4.78 is 40.5. The van der Waals surface area contributed by atoms with Gasteiger partial charge in [0.1, 0.15) is 5.82 Å². The normalized spacial score (nSPS) is 23.7. The molecule has 12 heteroatoms.